The van der Waals surface area contributed by atoms with Gasteiger partial charge in [0.25, 0.3) is 0 Å². The van der Waals surface area contributed by atoms with Gasteiger partial charge in [0, 0.05) is 7.11 Å². The van der Waals surface area contributed by atoms with E-state index in [4.69, 9.17) is 26.4 Å². The number of rotatable bonds is 4. The Bertz CT molecular complexity index is 191. The van der Waals surface area contributed by atoms with Crippen LogP contribution in [0.2, 0.25) is 0 Å². The SMILES string of the molecule is CO.NC(=O)C(N)CCP(=O)(O)O. The van der Waals surface area contributed by atoms with Crippen LogP contribution in [0.4, 0.5) is 0 Å². The smallest absolute Gasteiger partial charge is 0.325 e. The molecule has 0 spiro atoms. The first-order valence-electron chi connectivity index (χ1n) is 3.37. The van der Waals surface area contributed by atoms with E-state index >= 15 is 0 Å². The number of nitrogens with two attached hydrogens (primary N) is 2. The molecule has 1 amide bonds. The van der Waals surface area contributed by atoms with Crippen molar-refractivity contribution in [2.24, 2.45) is 11.5 Å². The first kappa shape index (κ1) is 15.0. The summed E-state index contributed by atoms with van der Waals surface area (Å²) in [4.78, 5) is 27.0. The molecule has 0 aliphatic rings. The van der Waals surface area contributed by atoms with Crippen LogP contribution in [0.25, 0.3) is 0 Å². The Morgan fingerprint density at radius 2 is 1.85 bits per heavy atom. The Labute approximate surface area is 75.9 Å². The zero-order valence-electron chi connectivity index (χ0n) is 7.25. The first-order chi connectivity index (χ1) is 5.83. The number of aliphatic hydroxyl groups is 1. The standard InChI is InChI=1S/C4H11N2O4P.CH4O/c5-3(4(6)7)1-2-11(8,9)10;1-2/h3H,1-2,5H2,(H2,6,7)(H2,8,9,10);2H,1H3. The number of hydrogen-bond donors (Lipinski definition) is 5. The van der Waals surface area contributed by atoms with E-state index in [0.29, 0.717) is 0 Å². The summed E-state index contributed by atoms with van der Waals surface area (Å²) in [7, 11) is -3.05. The van der Waals surface area contributed by atoms with Gasteiger partial charge >= 0.3 is 7.60 Å². The lowest BCUT2D eigenvalue weighted by molar-refractivity contribution is -0.119. The Balaban J connectivity index is 0. The molecule has 8 heteroatoms. The highest BCUT2D eigenvalue weighted by atomic mass is 31.2. The van der Waals surface area contributed by atoms with Crippen molar-refractivity contribution >= 4 is 13.5 Å². The van der Waals surface area contributed by atoms with Crippen LogP contribution in [0, 0.1) is 0 Å². The van der Waals surface area contributed by atoms with Gasteiger partial charge in [-0.1, -0.05) is 0 Å². The molecular weight excluding hydrogens is 199 g/mol. The monoisotopic (exact) mass is 214 g/mol. The molecule has 0 fully saturated rings. The van der Waals surface area contributed by atoms with Crippen LogP contribution >= 0.6 is 7.60 Å². The van der Waals surface area contributed by atoms with E-state index < -0.39 is 25.7 Å². The Hall–Kier alpha value is -0.460. The molecule has 7 N–H and O–H groups in total. The molecule has 0 aliphatic heterocycles. The molecule has 0 heterocycles. The van der Waals surface area contributed by atoms with Crippen LogP contribution in [0.1, 0.15) is 6.42 Å². The van der Waals surface area contributed by atoms with Gasteiger partial charge in [-0.15, -0.1) is 0 Å². The zero-order valence-corrected chi connectivity index (χ0v) is 8.15. The summed E-state index contributed by atoms with van der Waals surface area (Å²) >= 11 is 0. The van der Waals surface area contributed by atoms with Crippen molar-refractivity contribution in [3.8, 4) is 0 Å². The topological polar surface area (TPSA) is 147 Å². The Kier molecular flexibility index (Phi) is 8.09. The van der Waals surface area contributed by atoms with E-state index in [1.165, 1.54) is 0 Å². The summed E-state index contributed by atoms with van der Waals surface area (Å²) in [5.74, 6) is -0.751. The molecule has 0 aliphatic carbocycles. The van der Waals surface area contributed by atoms with Gasteiger partial charge in [0.05, 0.1) is 12.2 Å². The molecule has 1 unspecified atom stereocenters. The molecule has 80 valence electrons. The number of aliphatic hydroxyl groups excluding tert-OH is 1. The van der Waals surface area contributed by atoms with Crippen molar-refractivity contribution in [3.63, 3.8) is 0 Å². The highest BCUT2D eigenvalue weighted by Crippen LogP contribution is 2.34. The zero-order chi connectivity index (χ0) is 11.1. The van der Waals surface area contributed by atoms with E-state index in [1.54, 1.807) is 0 Å². The lowest BCUT2D eigenvalue weighted by Gasteiger charge is -2.07. The van der Waals surface area contributed by atoms with E-state index in [2.05, 4.69) is 0 Å². The number of primary amides is 1. The van der Waals surface area contributed by atoms with Gasteiger partial charge in [0.1, 0.15) is 0 Å². The van der Waals surface area contributed by atoms with E-state index in [0.717, 1.165) is 7.11 Å². The van der Waals surface area contributed by atoms with Gasteiger partial charge in [-0.25, -0.2) is 0 Å². The fourth-order valence-electron chi connectivity index (χ4n) is 0.450. The fourth-order valence-corrected chi connectivity index (χ4v) is 1.06. The lowest BCUT2D eigenvalue weighted by Crippen LogP contribution is -2.36. The molecule has 1 atom stereocenters. The van der Waals surface area contributed by atoms with Crippen molar-refractivity contribution < 1.29 is 24.3 Å². The van der Waals surface area contributed by atoms with Crippen molar-refractivity contribution in [1.29, 1.82) is 0 Å². The predicted octanol–water partition coefficient (Wildman–Crippen LogP) is -2.02. The van der Waals surface area contributed by atoms with Gasteiger partial charge in [-0.2, -0.15) is 0 Å². The maximum Gasteiger partial charge on any atom is 0.325 e. The highest BCUT2D eigenvalue weighted by molar-refractivity contribution is 7.51. The quantitative estimate of drug-likeness (QED) is 0.341. The average Bonchev–Trinajstić information content (AvgIpc) is 2.02. The number of amides is 1. The van der Waals surface area contributed by atoms with Gasteiger partial charge in [-0.3, -0.25) is 9.36 Å². The number of carbonyl (C=O) groups is 1. The number of hydrogen-bond acceptors (Lipinski definition) is 4. The molecule has 0 aromatic heterocycles. The molecule has 0 aromatic rings. The third kappa shape index (κ3) is 11.5. The summed E-state index contributed by atoms with van der Waals surface area (Å²) in [6.07, 6.45) is -0.489. The summed E-state index contributed by atoms with van der Waals surface area (Å²) in [5.41, 5.74) is 9.85. The first-order valence-corrected chi connectivity index (χ1v) is 5.17. The second kappa shape index (κ2) is 6.99. The maximum atomic E-state index is 10.3. The second-order valence-electron chi connectivity index (χ2n) is 2.19. The van der Waals surface area contributed by atoms with Crippen LogP contribution < -0.4 is 11.5 Å². The highest BCUT2D eigenvalue weighted by Gasteiger charge is 2.17. The van der Waals surface area contributed by atoms with Crippen molar-refractivity contribution in [1.82, 2.24) is 0 Å². The molecule has 0 saturated carbocycles. The largest absolute Gasteiger partial charge is 0.400 e. The molecule has 0 radical (unpaired) electrons. The van der Waals surface area contributed by atoms with E-state index in [1.807, 2.05) is 0 Å². The average molecular weight is 214 g/mol. The summed E-state index contributed by atoms with van der Waals surface area (Å²) in [6, 6.07) is -0.970. The normalized spacial score (nSPS) is 12.7. The molecule has 0 aromatic carbocycles. The molecular formula is C5H15N2O5P. The fraction of sp³-hybridized carbons (Fsp3) is 0.800. The van der Waals surface area contributed by atoms with Crippen LogP contribution in [0.15, 0.2) is 0 Å². The van der Waals surface area contributed by atoms with Crippen LogP contribution in [0.5, 0.6) is 0 Å². The Morgan fingerprint density at radius 1 is 1.46 bits per heavy atom. The Morgan fingerprint density at radius 3 is 2.08 bits per heavy atom. The minimum atomic E-state index is -4.05. The van der Waals surface area contributed by atoms with Crippen LogP contribution in [-0.4, -0.2) is 40.1 Å². The van der Waals surface area contributed by atoms with Crippen LogP contribution in [-0.2, 0) is 9.36 Å². The van der Waals surface area contributed by atoms with Crippen molar-refractivity contribution in [2.75, 3.05) is 13.3 Å². The lowest BCUT2D eigenvalue weighted by atomic mass is 10.2. The van der Waals surface area contributed by atoms with Crippen molar-refractivity contribution in [2.45, 2.75) is 12.5 Å². The maximum absolute atomic E-state index is 10.3. The second-order valence-corrected chi connectivity index (χ2v) is 3.96. The third-order valence-corrected chi connectivity index (χ3v) is 1.94. The van der Waals surface area contributed by atoms with Gasteiger partial charge in [0.2, 0.25) is 5.91 Å². The summed E-state index contributed by atoms with van der Waals surface area (Å²) in [5, 5.41) is 7.00. The van der Waals surface area contributed by atoms with Crippen molar-refractivity contribution in [3.05, 3.63) is 0 Å². The minimum absolute atomic E-state index is 0.0837. The van der Waals surface area contributed by atoms with Gasteiger partial charge in [-0.05, 0) is 6.42 Å². The van der Waals surface area contributed by atoms with E-state index in [-0.39, 0.29) is 6.42 Å². The van der Waals surface area contributed by atoms with Crippen LogP contribution in [0.3, 0.4) is 0 Å². The molecule has 7 nitrogen and oxygen atoms in total. The van der Waals surface area contributed by atoms with Gasteiger partial charge in [0.15, 0.2) is 0 Å². The predicted molar refractivity (Wildman–Crippen MR) is 46.8 cm³/mol. The molecule has 0 bridgehead atoms. The molecule has 0 saturated heterocycles. The van der Waals surface area contributed by atoms with E-state index in [9.17, 15) is 9.36 Å². The minimum Gasteiger partial charge on any atom is -0.400 e. The number of carbonyl (C=O) groups excluding carboxylic acids is 1. The summed E-state index contributed by atoms with van der Waals surface area (Å²) < 4.78 is 10.2. The summed E-state index contributed by atoms with van der Waals surface area (Å²) in [6.45, 7) is 0. The molecule has 13 heavy (non-hydrogen) atoms. The third-order valence-electron chi connectivity index (χ3n) is 1.10. The molecule has 0 rings (SSSR count). The van der Waals surface area contributed by atoms with Gasteiger partial charge < -0.3 is 26.4 Å².